The van der Waals surface area contributed by atoms with E-state index in [0.717, 1.165) is 11.6 Å². The van der Waals surface area contributed by atoms with Crippen molar-refractivity contribution in [1.82, 2.24) is 10.3 Å². The topological polar surface area (TPSA) is 50.9 Å². The molecule has 0 saturated heterocycles. The molecule has 0 aliphatic heterocycles. The van der Waals surface area contributed by atoms with Crippen molar-refractivity contribution < 1.29 is 0 Å². The molecular formula is C13H17N3S. The third kappa shape index (κ3) is 3.36. The molecule has 17 heavy (non-hydrogen) atoms. The Morgan fingerprint density at radius 2 is 2.00 bits per heavy atom. The molecule has 3 N–H and O–H groups in total. The zero-order valence-electron chi connectivity index (χ0n) is 9.89. The lowest BCUT2D eigenvalue weighted by Crippen LogP contribution is -2.17. The highest BCUT2D eigenvalue weighted by Gasteiger charge is 2.06. The van der Waals surface area contributed by atoms with Gasteiger partial charge >= 0.3 is 0 Å². The fraction of sp³-hybridized carbons (Fsp3) is 0.308. The molecule has 1 heterocycles. The highest BCUT2D eigenvalue weighted by molar-refractivity contribution is 7.09. The quantitative estimate of drug-likeness (QED) is 0.853. The van der Waals surface area contributed by atoms with Crippen LogP contribution >= 0.6 is 11.3 Å². The van der Waals surface area contributed by atoms with E-state index in [2.05, 4.69) is 41.5 Å². The number of hydrogen-bond donors (Lipinski definition) is 2. The second kappa shape index (κ2) is 5.91. The number of rotatable bonds is 5. The molecule has 0 aliphatic rings. The van der Waals surface area contributed by atoms with Gasteiger partial charge in [-0.2, -0.15) is 0 Å². The van der Waals surface area contributed by atoms with Crippen molar-refractivity contribution in [1.29, 1.82) is 0 Å². The Labute approximate surface area is 106 Å². The summed E-state index contributed by atoms with van der Waals surface area (Å²) in [5.74, 6) is 0. The first kappa shape index (κ1) is 12.2. The largest absolute Gasteiger partial charge is 0.326 e. The van der Waals surface area contributed by atoms with Crippen molar-refractivity contribution in [3.8, 4) is 0 Å². The van der Waals surface area contributed by atoms with Crippen LogP contribution in [0.15, 0.2) is 35.8 Å². The van der Waals surface area contributed by atoms with Crippen LogP contribution in [0, 0.1) is 0 Å². The van der Waals surface area contributed by atoms with Gasteiger partial charge in [0.25, 0.3) is 0 Å². The van der Waals surface area contributed by atoms with Crippen LogP contribution < -0.4 is 11.1 Å². The fourth-order valence-electron chi connectivity index (χ4n) is 1.60. The van der Waals surface area contributed by atoms with Gasteiger partial charge in [0.05, 0.1) is 6.04 Å². The lowest BCUT2D eigenvalue weighted by atomic mass is 10.1. The molecule has 1 unspecified atom stereocenters. The second-order valence-electron chi connectivity index (χ2n) is 3.99. The van der Waals surface area contributed by atoms with E-state index in [4.69, 9.17) is 5.73 Å². The number of nitrogens with one attached hydrogen (secondary N) is 1. The predicted octanol–water partition coefficient (Wildman–Crippen LogP) is 2.45. The van der Waals surface area contributed by atoms with E-state index in [9.17, 15) is 0 Å². The van der Waals surface area contributed by atoms with Gasteiger partial charge in [0.1, 0.15) is 5.01 Å². The third-order valence-corrected chi connectivity index (χ3v) is 3.65. The normalized spacial score (nSPS) is 12.6. The van der Waals surface area contributed by atoms with E-state index >= 15 is 0 Å². The zero-order valence-corrected chi connectivity index (χ0v) is 10.7. The fourth-order valence-corrected chi connectivity index (χ4v) is 2.27. The number of nitrogens with two attached hydrogens (primary N) is 1. The highest BCUT2D eigenvalue weighted by Crippen LogP contribution is 2.15. The van der Waals surface area contributed by atoms with Crippen LogP contribution in [-0.2, 0) is 13.1 Å². The summed E-state index contributed by atoms with van der Waals surface area (Å²) in [6.45, 7) is 3.59. The summed E-state index contributed by atoms with van der Waals surface area (Å²) in [6, 6.07) is 8.67. The van der Waals surface area contributed by atoms with Crippen LogP contribution in [0.25, 0.3) is 0 Å². The molecule has 2 rings (SSSR count). The Kier molecular flexibility index (Phi) is 4.25. The molecule has 4 heteroatoms. The summed E-state index contributed by atoms with van der Waals surface area (Å²) >= 11 is 1.68. The summed E-state index contributed by atoms with van der Waals surface area (Å²) in [4.78, 5) is 4.30. The Morgan fingerprint density at radius 1 is 1.29 bits per heavy atom. The van der Waals surface area contributed by atoms with Gasteiger partial charge in [-0.3, -0.25) is 0 Å². The van der Waals surface area contributed by atoms with Gasteiger partial charge in [-0.15, -0.1) is 11.3 Å². The number of nitrogens with zero attached hydrogens (tertiary/aromatic N) is 1. The number of aromatic nitrogens is 1. The molecule has 1 aromatic heterocycles. The van der Waals surface area contributed by atoms with Gasteiger partial charge in [-0.05, 0) is 18.1 Å². The predicted molar refractivity (Wildman–Crippen MR) is 71.7 cm³/mol. The molecule has 1 aromatic carbocycles. The summed E-state index contributed by atoms with van der Waals surface area (Å²) in [5.41, 5.74) is 8.00. The molecule has 0 saturated carbocycles. The van der Waals surface area contributed by atoms with Crippen molar-refractivity contribution in [2.75, 3.05) is 0 Å². The van der Waals surface area contributed by atoms with Crippen LogP contribution in [0.1, 0.15) is 29.1 Å². The lowest BCUT2D eigenvalue weighted by molar-refractivity contribution is 0.572. The average Bonchev–Trinajstić information content (AvgIpc) is 2.90. The van der Waals surface area contributed by atoms with Gasteiger partial charge in [0.2, 0.25) is 0 Å². The Hall–Kier alpha value is -1.23. The first-order valence-corrected chi connectivity index (χ1v) is 6.58. The van der Waals surface area contributed by atoms with Crippen LogP contribution in [-0.4, -0.2) is 4.98 Å². The molecule has 0 aliphatic carbocycles. The van der Waals surface area contributed by atoms with Gasteiger partial charge in [0.15, 0.2) is 0 Å². The molecule has 0 bridgehead atoms. The maximum atomic E-state index is 5.56. The highest BCUT2D eigenvalue weighted by atomic mass is 32.1. The molecule has 2 aromatic rings. The van der Waals surface area contributed by atoms with E-state index in [-0.39, 0.29) is 0 Å². The summed E-state index contributed by atoms with van der Waals surface area (Å²) in [5, 5.41) is 6.59. The summed E-state index contributed by atoms with van der Waals surface area (Å²) in [6.07, 6.45) is 1.84. The minimum Gasteiger partial charge on any atom is -0.326 e. The minimum absolute atomic E-state index is 0.296. The van der Waals surface area contributed by atoms with Crippen molar-refractivity contribution in [3.63, 3.8) is 0 Å². The average molecular weight is 247 g/mol. The Morgan fingerprint density at radius 3 is 2.59 bits per heavy atom. The van der Waals surface area contributed by atoms with Crippen LogP contribution in [0.4, 0.5) is 0 Å². The Balaban J connectivity index is 1.89. The van der Waals surface area contributed by atoms with Crippen LogP contribution in [0.3, 0.4) is 0 Å². The minimum atomic E-state index is 0.296. The number of benzene rings is 1. The van der Waals surface area contributed by atoms with E-state index in [1.165, 1.54) is 11.1 Å². The monoisotopic (exact) mass is 247 g/mol. The SMILES string of the molecule is CC(NCc1ccc(CN)cc1)c1nccs1. The van der Waals surface area contributed by atoms with E-state index < -0.39 is 0 Å². The molecular weight excluding hydrogens is 230 g/mol. The third-order valence-electron chi connectivity index (χ3n) is 2.69. The van der Waals surface area contributed by atoms with Crippen molar-refractivity contribution in [3.05, 3.63) is 52.0 Å². The standard InChI is InChI=1S/C13H17N3S/c1-10(13-15-6-7-17-13)16-9-12-4-2-11(8-14)3-5-12/h2-7,10,16H,8-9,14H2,1H3. The van der Waals surface area contributed by atoms with Crippen LogP contribution in [0.2, 0.25) is 0 Å². The molecule has 0 fully saturated rings. The van der Waals surface area contributed by atoms with E-state index in [1.807, 2.05) is 11.6 Å². The van der Waals surface area contributed by atoms with Crippen molar-refractivity contribution in [2.24, 2.45) is 5.73 Å². The van der Waals surface area contributed by atoms with Gasteiger partial charge in [-0.25, -0.2) is 4.98 Å². The molecule has 1 atom stereocenters. The summed E-state index contributed by atoms with van der Waals surface area (Å²) in [7, 11) is 0. The molecule has 3 nitrogen and oxygen atoms in total. The number of hydrogen-bond acceptors (Lipinski definition) is 4. The van der Waals surface area contributed by atoms with Gasteiger partial charge in [-0.1, -0.05) is 24.3 Å². The first-order chi connectivity index (χ1) is 8.29. The van der Waals surface area contributed by atoms with Gasteiger partial charge < -0.3 is 11.1 Å². The zero-order chi connectivity index (χ0) is 12.1. The smallest absolute Gasteiger partial charge is 0.109 e. The lowest BCUT2D eigenvalue weighted by Gasteiger charge is -2.11. The molecule has 90 valence electrons. The molecule has 0 amide bonds. The van der Waals surface area contributed by atoms with E-state index in [0.29, 0.717) is 12.6 Å². The van der Waals surface area contributed by atoms with Crippen molar-refractivity contribution >= 4 is 11.3 Å². The summed E-state index contributed by atoms with van der Waals surface area (Å²) < 4.78 is 0. The molecule has 0 radical (unpaired) electrons. The maximum absolute atomic E-state index is 5.56. The maximum Gasteiger partial charge on any atom is 0.109 e. The Bertz CT molecular complexity index is 436. The second-order valence-corrected chi connectivity index (χ2v) is 4.92. The molecule has 0 spiro atoms. The first-order valence-electron chi connectivity index (χ1n) is 5.70. The van der Waals surface area contributed by atoms with Crippen LogP contribution in [0.5, 0.6) is 0 Å². The number of thiazole rings is 1. The van der Waals surface area contributed by atoms with Gasteiger partial charge in [0, 0.05) is 24.7 Å². The van der Waals surface area contributed by atoms with Crippen molar-refractivity contribution in [2.45, 2.75) is 26.1 Å². The van der Waals surface area contributed by atoms with E-state index in [1.54, 1.807) is 11.3 Å².